The Morgan fingerprint density at radius 3 is 2.86 bits per heavy atom. The molecule has 0 aromatic carbocycles. The van der Waals surface area contributed by atoms with Gasteiger partial charge < -0.3 is 14.4 Å². The van der Waals surface area contributed by atoms with Crippen molar-refractivity contribution in [1.82, 2.24) is 4.90 Å². The lowest BCUT2D eigenvalue weighted by molar-refractivity contribution is 0.0731. The quantitative estimate of drug-likeness (QED) is 0.829. The van der Waals surface area contributed by atoms with Crippen molar-refractivity contribution >= 4 is 17.5 Å². The van der Waals surface area contributed by atoms with Crippen LogP contribution in [0.2, 0.25) is 5.22 Å². The summed E-state index contributed by atoms with van der Waals surface area (Å²) in [6.45, 7) is 2.61. The predicted molar refractivity (Wildman–Crippen MR) is 52.4 cm³/mol. The molecule has 0 unspecified atom stereocenters. The zero-order chi connectivity index (χ0) is 10.6. The number of amides is 1. The molecular weight excluding hydrogens is 206 g/mol. The van der Waals surface area contributed by atoms with E-state index in [1.165, 1.54) is 17.2 Å². The number of aliphatic hydroxyl groups is 1. The Bertz CT molecular complexity index is 311. The number of hydrogen-bond acceptors (Lipinski definition) is 3. The number of aliphatic hydroxyl groups excluding tert-OH is 1. The van der Waals surface area contributed by atoms with Crippen molar-refractivity contribution in [1.29, 1.82) is 0 Å². The summed E-state index contributed by atoms with van der Waals surface area (Å²) in [5, 5.41) is 8.82. The first kappa shape index (κ1) is 11.1. The Morgan fingerprint density at radius 2 is 2.43 bits per heavy atom. The molecule has 0 saturated heterocycles. The fourth-order valence-electron chi connectivity index (χ4n) is 1.14. The second-order valence-corrected chi connectivity index (χ2v) is 3.06. The molecule has 0 aliphatic rings. The van der Waals surface area contributed by atoms with Crippen molar-refractivity contribution < 1.29 is 14.3 Å². The largest absolute Gasteiger partial charge is 0.452 e. The average Bonchev–Trinajstić information content (AvgIpc) is 2.59. The lowest BCUT2D eigenvalue weighted by Gasteiger charge is -2.18. The maximum absolute atomic E-state index is 11.7. The van der Waals surface area contributed by atoms with Gasteiger partial charge in [0.05, 0.1) is 18.4 Å². The van der Waals surface area contributed by atoms with Gasteiger partial charge in [0.2, 0.25) is 5.22 Å². The molecule has 4 nitrogen and oxygen atoms in total. The summed E-state index contributed by atoms with van der Waals surface area (Å²) >= 11 is 5.66. The van der Waals surface area contributed by atoms with E-state index < -0.39 is 0 Å². The molecule has 1 aromatic rings. The third-order valence-corrected chi connectivity index (χ3v) is 2.18. The summed E-state index contributed by atoms with van der Waals surface area (Å²) < 4.78 is 4.81. The first-order valence-electron chi connectivity index (χ1n) is 4.33. The van der Waals surface area contributed by atoms with Crippen molar-refractivity contribution in [2.75, 3.05) is 19.7 Å². The van der Waals surface area contributed by atoms with Crippen molar-refractivity contribution in [3.05, 3.63) is 23.1 Å². The highest BCUT2D eigenvalue weighted by atomic mass is 35.5. The van der Waals surface area contributed by atoms with E-state index in [0.717, 1.165) is 0 Å². The van der Waals surface area contributed by atoms with E-state index in [2.05, 4.69) is 0 Å². The van der Waals surface area contributed by atoms with Crippen molar-refractivity contribution in [3.63, 3.8) is 0 Å². The van der Waals surface area contributed by atoms with Crippen LogP contribution >= 0.6 is 11.6 Å². The summed E-state index contributed by atoms with van der Waals surface area (Å²) in [6.07, 6.45) is 1.36. The molecule has 1 rings (SSSR count). The Balaban J connectivity index is 2.78. The topological polar surface area (TPSA) is 53.7 Å². The van der Waals surface area contributed by atoms with Gasteiger partial charge in [-0.2, -0.15) is 0 Å². The van der Waals surface area contributed by atoms with Crippen molar-refractivity contribution in [2.24, 2.45) is 0 Å². The number of nitrogens with zero attached hydrogens (tertiary/aromatic N) is 1. The summed E-state index contributed by atoms with van der Waals surface area (Å²) in [7, 11) is 0. The predicted octanol–water partition coefficient (Wildman–Crippen LogP) is 1.39. The van der Waals surface area contributed by atoms with Gasteiger partial charge in [0.15, 0.2) is 0 Å². The average molecular weight is 218 g/mol. The minimum absolute atomic E-state index is 0.0605. The summed E-state index contributed by atoms with van der Waals surface area (Å²) in [4.78, 5) is 13.2. The Morgan fingerprint density at radius 1 is 1.71 bits per heavy atom. The molecule has 0 spiro atoms. The van der Waals surface area contributed by atoms with Crippen LogP contribution in [0.25, 0.3) is 0 Å². The van der Waals surface area contributed by atoms with Crippen LogP contribution in [0, 0.1) is 0 Å². The number of furan rings is 1. The lowest BCUT2D eigenvalue weighted by atomic mass is 10.3. The molecule has 1 aromatic heterocycles. The van der Waals surface area contributed by atoms with E-state index in [0.29, 0.717) is 18.7 Å². The maximum Gasteiger partial charge on any atom is 0.258 e. The van der Waals surface area contributed by atoms with Gasteiger partial charge in [0.1, 0.15) is 0 Å². The van der Waals surface area contributed by atoms with Crippen LogP contribution in [-0.2, 0) is 0 Å². The molecule has 78 valence electrons. The van der Waals surface area contributed by atoms with E-state index in [1.807, 2.05) is 6.92 Å². The SMILES string of the molecule is CCN(CCO)C(=O)c1ccoc1Cl. The smallest absolute Gasteiger partial charge is 0.258 e. The fraction of sp³-hybridized carbons (Fsp3) is 0.444. The number of halogens is 1. The highest BCUT2D eigenvalue weighted by molar-refractivity contribution is 6.32. The van der Waals surface area contributed by atoms with E-state index in [-0.39, 0.29) is 17.7 Å². The monoisotopic (exact) mass is 217 g/mol. The molecule has 5 heteroatoms. The van der Waals surface area contributed by atoms with E-state index in [1.54, 1.807) is 0 Å². The normalized spacial score (nSPS) is 10.2. The van der Waals surface area contributed by atoms with Crippen LogP contribution in [-0.4, -0.2) is 35.6 Å². The van der Waals surface area contributed by atoms with Gasteiger partial charge in [0, 0.05) is 13.1 Å². The summed E-state index contributed by atoms with van der Waals surface area (Å²) in [6, 6.07) is 1.52. The molecule has 14 heavy (non-hydrogen) atoms. The van der Waals surface area contributed by atoms with Crippen LogP contribution in [0.3, 0.4) is 0 Å². The number of hydrogen-bond donors (Lipinski definition) is 1. The molecule has 0 aliphatic heterocycles. The Labute approximate surface area is 87.1 Å². The number of carbonyl (C=O) groups excluding carboxylic acids is 1. The number of likely N-dealkylation sites (N-methyl/N-ethyl adjacent to an activating group) is 1. The van der Waals surface area contributed by atoms with Gasteiger partial charge in [0.25, 0.3) is 5.91 Å². The molecule has 0 fully saturated rings. The standard InChI is InChI=1S/C9H12ClNO3/c1-2-11(4-5-12)9(13)7-3-6-14-8(7)10/h3,6,12H,2,4-5H2,1H3. The molecule has 0 saturated carbocycles. The molecule has 0 bridgehead atoms. The molecule has 1 amide bonds. The van der Waals surface area contributed by atoms with Gasteiger partial charge in [-0.15, -0.1) is 0 Å². The van der Waals surface area contributed by atoms with E-state index >= 15 is 0 Å². The molecule has 0 atom stereocenters. The molecule has 0 aliphatic carbocycles. The van der Waals surface area contributed by atoms with E-state index in [9.17, 15) is 4.79 Å². The van der Waals surface area contributed by atoms with Gasteiger partial charge in [-0.25, -0.2) is 0 Å². The lowest BCUT2D eigenvalue weighted by Crippen LogP contribution is -2.33. The molecule has 1 heterocycles. The number of carbonyl (C=O) groups is 1. The highest BCUT2D eigenvalue weighted by Crippen LogP contribution is 2.18. The second-order valence-electron chi connectivity index (χ2n) is 2.72. The fourth-order valence-corrected chi connectivity index (χ4v) is 1.34. The Kier molecular flexibility index (Phi) is 3.98. The van der Waals surface area contributed by atoms with Crippen LogP contribution in [0.15, 0.2) is 16.7 Å². The molecule has 0 radical (unpaired) electrons. The first-order chi connectivity index (χ1) is 6.70. The highest BCUT2D eigenvalue weighted by Gasteiger charge is 2.18. The van der Waals surface area contributed by atoms with Gasteiger partial charge in [-0.05, 0) is 24.6 Å². The summed E-state index contributed by atoms with van der Waals surface area (Å²) in [5.41, 5.74) is 0.335. The third kappa shape index (κ3) is 2.27. The van der Waals surface area contributed by atoms with Crippen LogP contribution in [0.1, 0.15) is 17.3 Å². The molecular formula is C9H12ClNO3. The van der Waals surface area contributed by atoms with Gasteiger partial charge in [-0.3, -0.25) is 4.79 Å². The maximum atomic E-state index is 11.7. The van der Waals surface area contributed by atoms with Crippen LogP contribution in [0.5, 0.6) is 0 Å². The van der Waals surface area contributed by atoms with Crippen molar-refractivity contribution in [2.45, 2.75) is 6.92 Å². The first-order valence-corrected chi connectivity index (χ1v) is 4.71. The minimum atomic E-state index is -0.222. The Hall–Kier alpha value is -1.00. The third-order valence-electron chi connectivity index (χ3n) is 1.89. The van der Waals surface area contributed by atoms with Crippen LogP contribution in [0.4, 0.5) is 0 Å². The molecule has 1 N–H and O–H groups in total. The number of rotatable bonds is 4. The summed E-state index contributed by atoms with van der Waals surface area (Å²) in [5.74, 6) is -0.222. The van der Waals surface area contributed by atoms with Gasteiger partial charge in [-0.1, -0.05) is 0 Å². The van der Waals surface area contributed by atoms with Crippen molar-refractivity contribution in [3.8, 4) is 0 Å². The zero-order valence-electron chi connectivity index (χ0n) is 7.86. The second kappa shape index (κ2) is 5.02. The minimum Gasteiger partial charge on any atom is -0.452 e. The zero-order valence-corrected chi connectivity index (χ0v) is 8.62. The van der Waals surface area contributed by atoms with Crippen LogP contribution < -0.4 is 0 Å². The van der Waals surface area contributed by atoms with E-state index in [4.69, 9.17) is 21.1 Å². The van der Waals surface area contributed by atoms with Gasteiger partial charge >= 0.3 is 0 Å².